The van der Waals surface area contributed by atoms with Gasteiger partial charge in [-0.15, -0.1) is 0 Å². The maximum atomic E-state index is 12.0. The molecule has 1 aromatic rings. The number of aromatic carboxylic acids is 1. The molecule has 0 spiro atoms. The van der Waals surface area contributed by atoms with Crippen molar-refractivity contribution in [2.24, 2.45) is 0 Å². The third kappa shape index (κ3) is 4.31. The first kappa shape index (κ1) is 16.6. The molecule has 0 aromatic heterocycles. The van der Waals surface area contributed by atoms with E-state index in [1.165, 1.54) is 12.1 Å². The van der Waals surface area contributed by atoms with Crippen molar-refractivity contribution >= 4 is 37.6 Å². The Kier molecular flexibility index (Phi) is 5.70. The highest BCUT2D eigenvalue weighted by molar-refractivity contribution is 9.10. The molecule has 0 unspecified atom stereocenters. The second-order valence-corrected chi connectivity index (χ2v) is 6.93. The highest BCUT2D eigenvalue weighted by atomic mass is 79.9. The van der Waals surface area contributed by atoms with E-state index in [4.69, 9.17) is 5.11 Å². The van der Waals surface area contributed by atoms with Crippen molar-refractivity contribution in [3.63, 3.8) is 0 Å². The molecule has 1 amide bonds. The molecule has 1 aromatic carbocycles. The number of hydrogen-bond donors (Lipinski definition) is 2. The van der Waals surface area contributed by atoms with Crippen molar-refractivity contribution in [1.29, 1.82) is 0 Å². The third-order valence-corrected chi connectivity index (χ3v) is 4.90. The summed E-state index contributed by atoms with van der Waals surface area (Å²) in [4.78, 5) is 22.1. The number of carbonyl (C=O) groups excluding carboxylic acids is 1. The number of sulfone groups is 1. The molecule has 1 rings (SSSR count). The van der Waals surface area contributed by atoms with E-state index in [1.54, 1.807) is 6.92 Å². The summed E-state index contributed by atoms with van der Waals surface area (Å²) in [5.74, 6) is -1.94. The van der Waals surface area contributed by atoms with Crippen molar-refractivity contribution in [1.82, 2.24) is 5.32 Å². The molecule has 6 nitrogen and oxygen atoms in total. The van der Waals surface area contributed by atoms with Crippen molar-refractivity contribution in [2.45, 2.75) is 18.2 Å². The first-order valence-corrected chi connectivity index (χ1v) is 8.24. The van der Waals surface area contributed by atoms with Gasteiger partial charge in [-0.3, -0.25) is 4.79 Å². The molecule has 0 aliphatic rings. The minimum Gasteiger partial charge on any atom is -0.478 e. The largest absolute Gasteiger partial charge is 0.478 e. The maximum Gasteiger partial charge on any atom is 0.336 e. The fraction of sp³-hybridized carbons (Fsp3) is 0.333. The summed E-state index contributed by atoms with van der Waals surface area (Å²) in [6.07, 6.45) is -0.158. The van der Waals surface area contributed by atoms with Crippen LogP contribution >= 0.6 is 15.9 Å². The molecule has 0 aliphatic carbocycles. The topological polar surface area (TPSA) is 101 Å². The number of halogens is 1. The number of benzene rings is 1. The summed E-state index contributed by atoms with van der Waals surface area (Å²) in [7, 11) is -3.69. The number of carboxylic acid groups (broad SMARTS) is 1. The summed E-state index contributed by atoms with van der Waals surface area (Å²) in [5.41, 5.74) is -0.135. The van der Waals surface area contributed by atoms with Crippen LogP contribution in [-0.4, -0.2) is 37.7 Å². The van der Waals surface area contributed by atoms with Gasteiger partial charge in [-0.2, -0.15) is 0 Å². The van der Waals surface area contributed by atoms with Gasteiger partial charge in [0.25, 0.3) is 0 Å². The first-order valence-electron chi connectivity index (χ1n) is 5.80. The molecule has 20 heavy (non-hydrogen) atoms. The fourth-order valence-electron chi connectivity index (χ4n) is 1.49. The maximum absolute atomic E-state index is 12.0. The zero-order valence-corrected chi connectivity index (χ0v) is 13.1. The first-order chi connectivity index (χ1) is 9.27. The van der Waals surface area contributed by atoms with Gasteiger partial charge in [0.1, 0.15) is 0 Å². The van der Waals surface area contributed by atoms with E-state index in [9.17, 15) is 18.0 Å². The van der Waals surface area contributed by atoms with Crippen LogP contribution in [-0.2, 0) is 14.6 Å². The summed E-state index contributed by atoms with van der Waals surface area (Å²) >= 11 is 3.04. The number of amides is 1. The van der Waals surface area contributed by atoms with E-state index < -0.39 is 15.8 Å². The van der Waals surface area contributed by atoms with Crippen LogP contribution in [0.3, 0.4) is 0 Å². The number of hydrogen-bond acceptors (Lipinski definition) is 4. The average molecular weight is 364 g/mol. The lowest BCUT2D eigenvalue weighted by Crippen LogP contribution is -2.25. The number of carboxylic acids is 1. The number of nitrogens with one attached hydrogen (secondary N) is 1. The third-order valence-electron chi connectivity index (χ3n) is 2.50. The van der Waals surface area contributed by atoms with Gasteiger partial charge in [-0.25, -0.2) is 13.2 Å². The second-order valence-electron chi connectivity index (χ2n) is 3.97. The highest BCUT2D eigenvalue weighted by Crippen LogP contribution is 2.22. The van der Waals surface area contributed by atoms with Crippen LogP contribution in [0, 0.1) is 0 Å². The lowest BCUT2D eigenvalue weighted by Gasteiger charge is -2.07. The van der Waals surface area contributed by atoms with E-state index in [0.29, 0.717) is 11.0 Å². The van der Waals surface area contributed by atoms with Crippen molar-refractivity contribution < 1.29 is 23.1 Å². The molecule has 110 valence electrons. The Labute approximate surface area is 125 Å². The van der Waals surface area contributed by atoms with Gasteiger partial charge in [0, 0.05) is 17.4 Å². The monoisotopic (exact) mass is 363 g/mol. The lowest BCUT2D eigenvalue weighted by atomic mass is 10.2. The summed E-state index contributed by atoms with van der Waals surface area (Å²) < 4.78 is 24.4. The summed E-state index contributed by atoms with van der Waals surface area (Å²) in [6, 6.07) is 3.76. The summed E-state index contributed by atoms with van der Waals surface area (Å²) in [5, 5.41) is 11.5. The smallest absolute Gasteiger partial charge is 0.336 e. The lowest BCUT2D eigenvalue weighted by molar-refractivity contribution is -0.120. The normalized spacial score (nSPS) is 11.1. The van der Waals surface area contributed by atoms with E-state index in [2.05, 4.69) is 21.2 Å². The minimum absolute atomic E-state index is 0.109. The Bertz CT molecular complexity index is 627. The Morgan fingerprint density at radius 2 is 2.00 bits per heavy atom. The van der Waals surface area contributed by atoms with E-state index in [0.717, 1.165) is 6.07 Å². The Balaban J connectivity index is 2.96. The Morgan fingerprint density at radius 3 is 2.55 bits per heavy atom. The molecule has 0 saturated carbocycles. The van der Waals surface area contributed by atoms with Gasteiger partial charge in [-0.1, -0.05) is 0 Å². The van der Waals surface area contributed by atoms with Crippen molar-refractivity contribution in [3.8, 4) is 0 Å². The fourth-order valence-corrected chi connectivity index (χ4v) is 3.17. The minimum atomic E-state index is -3.69. The van der Waals surface area contributed by atoms with Gasteiger partial charge in [-0.05, 0) is 41.1 Å². The SMILES string of the molecule is CCNC(=O)CCS(=O)(=O)c1ccc(Br)c(C(=O)O)c1. The molecule has 0 atom stereocenters. The zero-order chi connectivity index (χ0) is 15.3. The molecular formula is C12H14BrNO5S. The molecular weight excluding hydrogens is 350 g/mol. The van der Waals surface area contributed by atoms with Crippen molar-refractivity contribution in [2.75, 3.05) is 12.3 Å². The van der Waals surface area contributed by atoms with Crippen LogP contribution in [0.15, 0.2) is 27.6 Å². The molecule has 0 aliphatic heterocycles. The van der Waals surface area contributed by atoms with Crippen molar-refractivity contribution in [3.05, 3.63) is 28.2 Å². The number of rotatable bonds is 6. The summed E-state index contributed by atoms with van der Waals surface area (Å²) in [6.45, 7) is 2.17. The molecule has 8 heteroatoms. The van der Waals surface area contributed by atoms with Crippen LogP contribution in [0.4, 0.5) is 0 Å². The van der Waals surface area contributed by atoms with Crippen LogP contribution in [0.2, 0.25) is 0 Å². The standard InChI is InChI=1S/C12H14BrNO5S/c1-2-14-11(15)5-6-20(18,19)8-3-4-10(13)9(7-8)12(16)17/h3-4,7H,2,5-6H2,1H3,(H,14,15)(H,16,17). The van der Waals surface area contributed by atoms with E-state index in [1.807, 2.05) is 0 Å². The second kappa shape index (κ2) is 6.85. The van der Waals surface area contributed by atoms with Gasteiger partial charge in [0.05, 0.1) is 16.2 Å². The number of carbonyl (C=O) groups is 2. The highest BCUT2D eigenvalue weighted by Gasteiger charge is 2.19. The molecule has 0 bridgehead atoms. The molecule has 0 fully saturated rings. The predicted octanol–water partition coefficient (Wildman–Crippen LogP) is 1.45. The van der Waals surface area contributed by atoms with Gasteiger partial charge in [0.2, 0.25) is 5.91 Å². The van der Waals surface area contributed by atoms with Gasteiger partial charge >= 0.3 is 5.97 Å². The quantitative estimate of drug-likeness (QED) is 0.796. The van der Waals surface area contributed by atoms with Crippen LogP contribution < -0.4 is 5.32 Å². The molecule has 2 N–H and O–H groups in total. The van der Waals surface area contributed by atoms with Crippen LogP contribution in [0.5, 0.6) is 0 Å². The Morgan fingerprint density at radius 1 is 1.35 bits per heavy atom. The van der Waals surface area contributed by atoms with E-state index >= 15 is 0 Å². The zero-order valence-electron chi connectivity index (χ0n) is 10.7. The molecule has 0 radical (unpaired) electrons. The Hall–Kier alpha value is -1.41. The molecule has 0 heterocycles. The van der Waals surface area contributed by atoms with Crippen LogP contribution in [0.1, 0.15) is 23.7 Å². The van der Waals surface area contributed by atoms with Crippen LogP contribution in [0.25, 0.3) is 0 Å². The predicted molar refractivity (Wildman–Crippen MR) is 76.5 cm³/mol. The molecule has 0 saturated heterocycles. The van der Waals surface area contributed by atoms with Gasteiger partial charge < -0.3 is 10.4 Å². The van der Waals surface area contributed by atoms with Gasteiger partial charge in [0.15, 0.2) is 9.84 Å². The average Bonchev–Trinajstić information content (AvgIpc) is 2.37. The van der Waals surface area contributed by atoms with E-state index in [-0.39, 0.29) is 28.5 Å².